The van der Waals surface area contributed by atoms with Crippen LogP contribution in [0.5, 0.6) is 0 Å². The Balaban J connectivity index is 1.87. The van der Waals surface area contributed by atoms with Gasteiger partial charge in [0.2, 0.25) is 15.9 Å². The molecule has 0 bridgehead atoms. The van der Waals surface area contributed by atoms with Crippen molar-refractivity contribution in [1.29, 1.82) is 0 Å². The summed E-state index contributed by atoms with van der Waals surface area (Å²) in [7, 11) is -3.20. The fourth-order valence-corrected chi connectivity index (χ4v) is 4.12. The van der Waals surface area contributed by atoms with Gasteiger partial charge in [0.15, 0.2) is 0 Å². The van der Waals surface area contributed by atoms with Gasteiger partial charge in [0.1, 0.15) is 0 Å². The van der Waals surface area contributed by atoms with Crippen LogP contribution in [0, 0.1) is 0 Å². The number of rotatable bonds is 3. The number of amides is 1. The minimum absolute atomic E-state index is 0.0223. The van der Waals surface area contributed by atoms with E-state index >= 15 is 0 Å². The maximum Gasteiger partial charge on any atom is 0.237 e. The van der Waals surface area contributed by atoms with Gasteiger partial charge in [0, 0.05) is 32.7 Å². The van der Waals surface area contributed by atoms with Crippen LogP contribution in [0.4, 0.5) is 0 Å². The molecule has 0 aliphatic carbocycles. The van der Waals surface area contributed by atoms with E-state index in [2.05, 4.69) is 11.8 Å². The highest BCUT2D eigenvalue weighted by atomic mass is 32.2. The van der Waals surface area contributed by atoms with Gasteiger partial charge < -0.3 is 9.80 Å². The summed E-state index contributed by atoms with van der Waals surface area (Å²) in [5.74, 6) is 0.130. The van der Waals surface area contributed by atoms with Crippen LogP contribution in [-0.4, -0.2) is 80.0 Å². The van der Waals surface area contributed by atoms with Gasteiger partial charge in [-0.1, -0.05) is 6.92 Å². The smallest absolute Gasteiger partial charge is 0.237 e. The molecule has 0 N–H and O–H groups in total. The number of likely N-dealkylation sites (N-methyl/N-ethyl adjacent to an activating group) is 1. The van der Waals surface area contributed by atoms with E-state index in [1.165, 1.54) is 4.31 Å². The van der Waals surface area contributed by atoms with Crippen molar-refractivity contribution in [2.45, 2.75) is 19.8 Å². The molecule has 0 aromatic heterocycles. The van der Waals surface area contributed by atoms with Crippen LogP contribution in [-0.2, 0) is 14.8 Å². The second-order valence-corrected chi connectivity index (χ2v) is 7.26. The summed E-state index contributed by atoms with van der Waals surface area (Å²) in [5, 5.41) is 0. The first-order valence-electron chi connectivity index (χ1n) is 7.01. The molecule has 0 radical (unpaired) electrons. The van der Waals surface area contributed by atoms with Crippen LogP contribution in [0.3, 0.4) is 0 Å². The minimum Gasteiger partial charge on any atom is -0.339 e. The fourth-order valence-electron chi connectivity index (χ4n) is 2.58. The summed E-state index contributed by atoms with van der Waals surface area (Å²) in [4.78, 5) is 16.2. The maximum absolute atomic E-state index is 12.2. The van der Waals surface area contributed by atoms with Crippen molar-refractivity contribution in [3.63, 3.8) is 0 Å². The SMILES string of the molecule is CCN1CCN(C(=O)CN2CCCCS2(=O)=O)CC1. The van der Waals surface area contributed by atoms with Crippen LogP contribution >= 0.6 is 0 Å². The Morgan fingerprint density at radius 3 is 2.32 bits per heavy atom. The standard InChI is InChI=1S/C12H23N3O3S/c1-2-13-6-8-14(9-7-13)12(16)11-15-5-3-4-10-19(15,17)18/h2-11H2,1H3. The minimum atomic E-state index is -3.20. The van der Waals surface area contributed by atoms with Crippen molar-refractivity contribution >= 4 is 15.9 Å². The zero-order valence-electron chi connectivity index (χ0n) is 11.5. The number of carbonyl (C=O) groups is 1. The molecule has 0 aromatic carbocycles. The van der Waals surface area contributed by atoms with Crippen molar-refractivity contribution < 1.29 is 13.2 Å². The lowest BCUT2D eigenvalue weighted by molar-refractivity contribution is -0.133. The predicted octanol–water partition coefficient (Wildman–Crippen LogP) is -0.424. The number of piperazine rings is 1. The number of sulfonamides is 1. The van der Waals surface area contributed by atoms with Gasteiger partial charge >= 0.3 is 0 Å². The maximum atomic E-state index is 12.2. The van der Waals surface area contributed by atoms with E-state index < -0.39 is 10.0 Å². The first-order valence-corrected chi connectivity index (χ1v) is 8.62. The molecule has 110 valence electrons. The van der Waals surface area contributed by atoms with Gasteiger partial charge in [-0.15, -0.1) is 0 Å². The number of hydrogen-bond acceptors (Lipinski definition) is 4. The van der Waals surface area contributed by atoms with Gasteiger partial charge in [0.25, 0.3) is 0 Å². The van der Waals surface area contributed by atoms with Crippen LogP contribution in [0.2, 0.25) is 0 Å². The average molecular weight is 289 g/mol. The van der Waals surface area contributed by atoms with E-state index in [9.17, 15) is 13.2 Å². The molecule has 1 amide bonds. The average Bonchev–Trinajstić information content (AvgIpc) is 2.41. The fraction of sp³-hybridized carbons (Fsp3) is 0.917. The summed E-state index contributed by atoms with van der Waals surface area (Å²) in [6.07, 6.45) is 1.57. The Kier molecular flexibility index (Phi) is 4.81. The monoisotopic (exact) mass is 289 g/mol. The highest BCUT2D eigenvalue weighted by molar-refractivity contribution is 7.89. The highest BCUT2D eigenvalue weighted by Gasteiger charge is 2.30. The van der Waals surface area contributed by atoms with E-state index in [4.69, 9.17) is 0 Å². The highest BCUT2D eigenvalue weighted by Crippen LogP contribution is 2.14. The van der Waals surface area contributed by atoms with Crippen molar-refractivity contribution in [2.75, 3.05) is 51.6 Å². The molecule has 2 fully saturated rings. The summed E-state index contributed by atoms with van der Waals surface area (Å²) in [5.41, 5.74) is 0. The first kappa shape index (κ1) is 14.7. The summed E-state index contributed by atoms with van der Waals surface area (Å²) in [6.45, 7) is 6.81. The molecule has 6 nitrogen and oxygen atoms in total. The first-order chi connectivity index (χ1) is 9.03. The zero-order chi connectivity index (χ0) is 13.9. The van der Waals surface area contributed by atoms with Crippen molar-refractivity contribution in [3.8, 4) is 0 Å². The van der Waals surface area contributed by atoms with E-state index in [0.29, 0.717) is 26.1 Å². The second-order valence-electron chi connectivity index (χ2n) is 5.17. The molecule has 2 heterocycles. The van der Waals surface area contributed by atoms with Gasteiger partial charge in [-0.25, -0.2) is 8.42 Å². The molecule has 0 atom stereocenters. The molecule has 2 aliphatic heterocycles. The largest absolute Gasteiger partial charge is 0.339 e. The Morgan fingerprint density at radius 1 is 1.05 bits per heavy atom. The lowest BCUT2D eigenvalue weighted by Gasteiger charge is -2.35. The Hall–Kier alpha value is -0.660. The van der Waals surface area contributed by atoms with E-state index in [0.717, 1.165) is 26.1 Å². The predicted molar refractivity (Wildman–Crippen MR) is 73.3 cm³/mol. The molecule has 0 unspecified atom stereocenters. The van der Waals surface area contributed by atoms with Gasteiger partial charge in [-0.2, -0.15) is 4.31 Å². The summed E-state index contributed by atoms with van der Waals surface area (Å²) in [6, 6.07) is 0. The third-order valence-electron chi connectivity index (χ3n) is 3.94. The number of hydrogen-bond donors (Lipinski definition) is 0. The molecule has 7 heteroatoms. The van der Waals surface area contributed by atoms with Crippen molar-refractivity contribution in [1.82, 2.24) is 14.1 Å². The lowest BCUT2D eigenvalue weighted by Crippen LogP contribution is -2.52. The molecular formula is C12H23N3O3S. The third kappa shape index (κ3) is 3.67. The lowest BCUT2D eigenvalue weighted by atomic mass is 10.3. The topological polar surface area (TPSA) is 60.9 Å². The third-order valence-corrected chi connectivity index (χ3v) is 5.84. The molecule has 0 aromatic rings. The quantitative estimate of drug-likeness (QED) is 0.708. The Labute approximate surface area is 115 Å². The van der Waals surface area contributed by atoms with E-state index in [-0.39, 0.29) is 18.2 Å². The van der Waals surface area contributed by atoms with Gasteiger partial charge in [0.05, 0.1) is 12.3 Å². The summed E-state index contributed by atoms with van der Waals surface area (Å²) < 4.78 is 25.0. The molecule has 2 rings (SSSR count). The van der Waals surface area contributed by atoms with Crippen molar-refractivity contribution in [2.24, 2.45) is 0 Å². The second kappa shape index (κ2) is 6.19. The Morgan fingerprint density at radius 2 is 1.74 bits per heavy atom. The molecule has 0 spiro atoms. The number of nitrogens with zero attached hydrogens (tertiary/aromatic N) is 3. The molecule has 0 saturated carbocycles. The van der Waals surface area contributed by atoms with Gasteiger partial charge in [-0.3, -0.25) is 4.79 Å². The van der Waals surface area contributed by atoms with Crippen LogP contribution in [0.25, 0.3) is 0 Å². The van der Waals surface area contributed by atoms with E-state index in [1.54, 1.807) is 4.90 Å². The molecule has 2 aliphatic rings. The number of carbonyl (C=O) groups excluding carboxylic acids is 1. The van der Waals surface area contributed by atoms with Crippen LogP contribution in [0.1, 0.15) is 19.8 Å². The normalized spacial score (nSPS) is 25.4. The Bertz CT molecular complexity index is 416. The van der Waals surface area contributed by atoms with Crippen LogP contribution < -0.4 is 0 Å². The zero-order valence-corrected chi connectivity index (χ0v) is 12.4. The van der Waals surface area contributed by atoms with Crippen LogP contribution in [0.15, 0.2) is 0 Å². The van der Waals surface area contributed by atoms with E-state index in [1.807, 2.05) is 0 Å². The van der Waals surface area contributed by atoms with Gasteiger partial charge in [-0.05, 0) is 19.4 Å². The summed E-state index contributed by atoms with van der Waals surface area (Å²) >= 11 is 0. The molecular weight excluding hydrogens is 266 g/mol. The van der Waals surface area contributed by atoms with Crippen molar-refractivity contribution in [3.05, 3.63) is 0 Å². The molecule has 2 saturated heterocycles. The molecule has 19 heavy (non-hydrogen) atoms.